The van der Waals surface area contributed by atoms with Crippen molar-refractivity contribution in [3.05, 3.63) is 76.6 Å². The first kappa shape index (κ1) is 32.2. The van der Waals surface area contributed by atoms with Crippen LogP contribution in [0.15, 0.2) is 69.9 Å². The molecule has 0 spiro atoms. The molecule has 3 aromatic carbocycles. The van der Waals surface area contributed by atoms with Crippen molar-refractivity contribution in [2.75, 3.05) is 39.7 Å². The number of likely N-dealkylation sites (tertiary alicyclic amines) is 1. The molecule has 1 fully saturated rings. The molecule has 1 saturated heterocycles. The Kier molecular flexibility index (Phi) is 9.41. The molecule has 0 unspecified atom stereocenters. The summed E-state index contributed by atoms with van der Waals surface area (Å²) in [7, 11) is 4.60. The van der Waals surface area contributed by atoms with Crippen molar-refractivity contribution in [2.24, 2.45) is 0 Å². The molecule has 1 aliphatic rings. The van der Waals surface area contributed by atoms with Gasteiger partial charge in [-0.05, 0) is 74.9 Å². The smallest absolute Gasteiger partial charge is 0.410 e. The monoisotopic (exact) mass is 630 g/mol. The first-order valence-corrected chi connectivity index (χ1v) is 14.9. The highest BCUT2D eigenvalue weighted by Crippen LogP contribution is 2.37. The molecule has 1 aromatic heterocycles. The molecule has 46 heavy (non-hydrogen) atoms. The van der Waals surface area contributed by atoms with E-state index < -0.39 is 17.1 Å². The van der Waals surface area contributed by atoms with E-state index in [2.05, 4.69) is 5.32 Å². The van der Waals surface area contributed by atoms with Gasteiger partial charge in [-0.15, -0.1) is 0 Å². The fourth-order valence-electron chi connectivity index (χ4n) is 5.24. The van der Waals surface area contributed by atoms with Crippen LogP contribution in [0.25, 0.3) is 22.1 Å². The maximum atomic E-state index is 13.3. The van der Waals surface area contributed by atoms with Gasteiger partial charge in [-0.3, -0.25) is 4.79 Å². The molecular formula is C35H38N2O9. The minimum atomic E-state index is -0.747. The molecule has 0 atom stereocenters. The van der Waals surface area contributed by atoms with Gasteiger partial charge in [-0.25, -0.2) is 9.59 Å². The molecule has 0 aliphatic carbocycles. The molecule has 2 heterocycles. The average molecular weight is 631 g/mol. The third-order valence-electron chi connectivity index (χ3n) is 7.50. The van der Waals surface area contributed by atoms with Gasteiger partial charge in [0.2, 0.25) is 5.75 Å². The molecule has 0 radical (unpaired) electrons. The van der Waals surface area contributed by atoms with Gasteiger partial charge in [-0.1, -0.05) is 12.1 Å². The summed E-state index contributed by atoms with van der Waals surface area (Å²) in [5.41, 5.74) is 0.662. The van der Waals surface area contributed by atoms with E-state index in [9.17, 15) is 14.4 Å². The number of hydrogen-bond acceptors (Lipinski definition) is 9. The van der Waals surface area contributed by atoms with Crippen molar-refractivity contribution in [2.45, 2.75) is 45.3 Å². The molecule has 0 bridgehead atoms. The second-order valence-corrected chi connectivity index (χ2v) is 11.8. The summed E-state index contributed by atoms with van der Waals surface area (Å²) in [4.78, 5) is 40.5. The van der Waals surface area contributed by atoms with Gasteiger partial charge in [-0.2, -0.15) is 0 Å². The average Bonchev–Trinajstić information content (AvgIpc) is 3.04. The highest BCUT2D eigenvalue weighted by molar-refractivity contribution is 6.06. The molecule has 1 N–H and O–H groups in total. The lowest BCUT2D eigenvalue weighted by Gasteiger charge is -2.33. The van der Waals surface area contributed by atoms with Crippen molar-refractivity contribution in [1.82, 2.24) is 4.90 Å². The second kappa shape index (κ2) is 13.4. The lowest BCUT2D eigenvalue weighted by molar-refractivity contribution is 0.0124. The zero-order chi connectivity index (χ0) is 33.0. The van der Waals surface area contributed by atoms with Crippen molar-refractivity contribution in [1.29, 1.82) is 0 Å². The Balaban J connectivity index is 1.33. The highest BCUT2D eigenvalue weighted by Gasteiger charge is 2.28. The molecule has 11 heteroatoms. The third-order valence-corrected chi connectivity index (χ3v) is 7.50. The number of nitrogens with zero attached hydrogens (tertiary/aromatic N) is 1. The number of carbonyl (C=O) groups excluding carboxylic acids is 2. The minimum absolute atomic E-state index is 0.0264. The summed E-state index contributed by atoms with van der Waals surface area (Å²) < 4.78 is 33.8. The topological polar surface area (TPSA) is 126 Å². The second-order valence-electron chi connectivity index (χ2n) is 11.8. The van der Waals surface area contributed by atoms with Crippen LogP contribution >= 0.6 is 0 Å². The van der Waals surface area contributed by atoms with Crippen molar-refractivity contribution in [3.8, 4) is 34.1 Å². The van der Waals surface area contributed by atoms with Gasteiger partial charge >= 0.3 is 11.7 Å². The van der Waals surface area contributed by atoms with Crippen LogP contribution in [0.4, 0.5) is 10.5 Å². The van der Waals surface area contributed by atoms with E-state index in [-0.39, 0.29) is 29.2 Å². The molecule has 242 valence electrons. The van der Waals surface area contributed by atoms with Gasteiger partial charge in [0.15, 0.2) is 11.3 Å². The number of anilines is 1. The molecule has 0 saturated carbocycles. The maximum absolute atomic E-state index is 13.3. The van der Waals surface area contributed by atoms with Crippen molar-refractivity contribution >= 4 is 28.7 Å². The predicted octanol–water partition coefficient (Wildman–Crippen LogP) is 6.52. The molecule has 2 amide bonds. The number of nitrogens with one attached hydrogen (secondary N) is 1. The largest absolute Gasteiger partial charge is 0.497 e. The van der Waals surface area contributed by atoms with Crippen LogP contribution in [0.2, 0.25) is 0 Å². The number of fused-ring (bicyclic) bond motifs is 1. The number of benzene rings is 3. The fourth-order valence-corrected chi connectivity index (χ4v) is 5.24. The molecule has 11 nitrogen and oxygen atoms in total. The van der Waals surface area contributed by atoms with Gasteiger partial charge in [0.1, 0.15) is 28.9 Å². The SMILES string of the molecule is COc1cccc(-c2cc(C(=O)Nc3cc4ccc(OC5CCN(C(=O)OC(C)(C)C)CC5)c(OC)c4oc3=O)ccc2OC)c1. The lowest BCUT2D eigenvalue weighted by atomic mass is 10.0. The first-order chi connectivity index (χ1) is 22.0. The molecule has 4 aromatic rings. The van der Waals surface area contributed by atoms with Gasteiger partial charge in [0.05, 0.1) is 21.3 Å². The standard InChI is InChI=1S/C35H38N2O9/c1-35(2,3)46-34(40)37-16-14-24(15-17-37)44-29-13-10-22-20-27(33(39)45-30(22)31(29)43-6)36-32(38)23-11-12-28(42-5)26(19-23)21-8-7-9-25(18-21)41-4/h7-13,18-20,24H,14-17H2,1-6H3,(H,36,38). The summed E-state index contributed by atoms with van der Waals surface area (Å²) in [6.45, 7) is 6.49. The summed E-state index contributed by atoms with van der Waals surface area (Å²) in [6.07, 6.45) is 0.672. The normalized spacial score (nSPS) is 13.7. The Morgan fingerprint density at radius 2 is 1.63 bits per heavy atom. The van der Waals surface area contributed by atoms with Crippen LogP contribution in [-0.2, 0) is 4.74 Å². The number of ether oxygens (including phenoxy) is 5. The zero-order valence-electron chi connectivity index (χ0n) is 26.8. The van der Waals surface area contributed by atoms with Gasteiger partial charge in [0.25, 0.3) is 5.91 Å². The Morgan fingerprint density at radius 3 is 2.30 bits per heavy atom. The van der Waals surface area contributed by atoms with Crippen LogP contribution in [0.5, 0.6) is 23.0 Å². The Morgan fingerprint density at radius 1 is 0.891 bits per heavy atom. The Hall–Kier alpha value is -5.19. The summed E-state index contributed by atoms with van der Waals surface area (Å²) in [6, 6.07) is 17.4. The quantitative estimate of drug-likeness (QED) is 0.217. The van der Waals surface area contributed by atoms with Gasteiger partial charge in [0, 0.05) is 42.4 Å². The van der Waals surface area contributed by atoms with E-state index in [1.54, 1.807) is 49.5 Å². The van der Waals surface area contributed by atoms with Crippen LogP contribution in [0.1, 0.15) is 44.0 Å². The van der Waals surface area contributed by atoms with E-state index in [0.717, 1.165) is 5.56 Å². The number of rotatable bonds is 8. The summed E-state index contributed by atoms with van der Waals surface area (Å²) >= 11 is 0. The lowest BCUT2D eigenvalue weighted by Crippen LogP contribution is -2.44. The van der Waals surface area contributed by atoms with E-state index in [1.807, 2.05) is 45.0 Å². The summed E-state index contributed by atoms with van der Waals surface area (Å²) in [5.74, 6) is 1.42. The van der Waals surface area contributed by atoms with Gasteiger partial charge < -0.3 is 38.3 Å². The highest BCUT2D eigenvalue weighted by atomic mass is 16.6. The van der Waals surface area contributed by atoms with Crippen LogP contribution < -0.4 is 29.9 Å². The Labute approximate surface area is 266 Å². The number of methoxy groups -OCH3 is 3. The summed E-state index contributed by atoms with van der Waals surface area (Å²) in [5, 5.41) is 3.21. The molecular weight excluding hydrogens is 592 g/mol. The molecule has 5 rings (SSSR count). The Bertz CT molecular complexity index is 1800. The van der Waals surface area contributed by atoms with E-state index in [4.69, 9.17) is 28.1 Å². The fraction of sp³-hybridized carbons (Fsp3) is 0.343. The number of hydrogen-bond donors (Lipinski definition) is 1. The minimum Gasteiger partial charge on any atom is -0.497 e. The number of amides is 2. The number of piperidine rings is 1. The van der Waals surface area contributed by atoms with E-state index >= 15 is 0 Å². The van der Waals surface area contributed by atoms with Crippen molar-refractivity contribution < 1.29 is 37.7 Å². The molecule has 1 aliphatic heterocycles. The van der Waals surface area contributed by atoms with Crippen molar-refractivity contribution in [3.63, 3.8) is 0 Å². The third kappa shape index (κ3) is 7.20. The maximum Gasteiger partial charge on any atom is 0.410 e. The number of carbonyl (C=O) groups is 2. The predicted molar refractivity (Wildman–Crippen MR) is 173 cm³/mol. The van der Waals surface area contributed by atoms with Crippen LogP contribution in [0, 0.1) is 0 Å². The van der Waals surface area contributed by atoms with Crippen LogP contribution in [-0.4, -0.2) is 63.0 Å². The first-order valence-electron chi connectivity index (χ1n) is 14.9. The van der Waals surface area contributed by atoms with Crippen LogP contribution in [0.3, 0.4) is 0 Å². The van der Waals surface area contributed by atoms with E-state index in [1.165, 1.54) is 13.2 Å². The van der Waals surface area contributed by atoms with E-state index in [0.29, 0.717) is 59.7 Å². The zero-order valence-corrected chi connectivity index (χ0v) is 26.8.